The lowest BCUT2D eigenvalue weighted by Crippen LogP contribution is -2.26. The van der Waals surface area contributed by atoms with Crippen molar-refractivity contribution in [3.05, 3.63) is 101 Å². The highest BCUT2D eigenvalue weighted by Crippen LogP contribution is 2.23. The lowest BCUT2D eigenvalue weighted by atomic mass is 10.1. The highest BCUT2D eigenvalue weighted by molar-refractivity contribution is 6.00. The van der Waals surface area contributed by atoms with Gasteiger partial charge in [-0.05, 0) is 43.7 Å². The molecule has 0 saturated carbocycles. The summed E-state index contributed by atoms with van der Waals surface area (Å²) in [5.74, 6) is -2.09. The molecule has 30 heavy (non-hydrogen) atoms. The zero-order valence-electron chi connectivity index (χ0n) is 16.5. The molecule has 0 radical (unpaired) electrons. The van der Waals surface area contributed by atoms with Gasteiger partial charge in [0, 0.05) is 16.8 Å². The molecule has 6 heteroatoms. The summed E-state index contributed by atoms with van der Waals surface area (Å²) in [5.41, 5.74) is 1.69. The monoisotopic (exact) mass is 405 g/mol. The minimum absolute atomic E-state index is 0.00501. The van der Waals surface area contributed by atoms with Crippen LogP contribution in [0.1, 0.15) is 44.9 Å². The number of nitrogens with one attached hydrogen (secondary N) is 1. The highest BCUT2D eigenvalue weighted by Gasteiger charge is 2.26. The third-order valence-electron chi connectivity index (χ3n) is 4.51. The minimum atomic E-state index is -1.26. The van der Waals surface area contributed by atoms with Gasteiger partial charge >= 0.3 is 5.97 Å². The van der Waals surface area contributed by atoms with Gasteiger partial charge in [-0.3, -0.25) is 9.59 Å². The zero-order chi connectivity index (χ0) is 21.7. The second-order valence-corrected chi connectivity index (χ2v) is 6.79. The average molecular weight is 405 g/mol. The number of amides is 1. The summed E-state index contributed by atoms with van der Waals surface area (Å²) in [4.78, 5) is 37.1. The van der Waals surface area contributed by atoms with Gasteiger partial charge in [0.1, 0.15) is 5.82 Å². The van der Waals surface area contributed by atoms with Gasteiger partial charge in [-0.1, -0.05) is 48.5 Å². The fraction of sp³-hybridized carbons (Fsp3) is 0.125. The van der Waals surface area contributed by atoms with Gasteiger partial charge in [-0.15, -0.1) is 0 Å². The van der Waals surface area contributed by atoms with Gasteiger partial charge in [-0.2, -0.15) is 0 Å². The van der Waals surface area contributed by atoms with Crippen LogP contribution in [0.25, 0.3) is 0 Å². The average Bonchev–Trinajstić information content (AvgIpc) is 2.74. The number of aryl methyl sites for hydroxylation is 1. The number of benzene rings is 3. The predicted octanol–water partition coefficient (Wildman–Crippen LogP) is 4.87. The molecule has 0 aliphatic carbocycles. The molecule has 0 spiro atoms. The third-order valence-corrected chi connectivity index (χ3v) is 4.51. The van der Waals surface area contributed by atoms with Crippen molar-refractivity contribution in [2.45, 2.75) is 20.0 Å². The quantitative estimate of drug-likeness (QED) is 0.469. The van der Waals surface area contributed by atoms with E-state index in [4.69, 9.17) is 4.74 Å². The first-order chi connectivity index (χ1) is 14.3. The minimum Gasteiger partial charge on any atom is -0.444 e. The first-order valence-corrected chi connectivity index (χ1v) is 9.29. The number of ketones is 1. The maximum Gasteiger partial charge on any atom is 0.339 e. The third kappa shape index (κ3) is 4.97. The van der Waals surface area contributed by atoms with Crippen LogP contribution in [0.4, 0.5) is 10.1 Å². The SMILES string of the molecule is CC(=O)c1cccc(NC(=O)[C@@H](OC(=O)c2ccc(C)c(F)c2)c2ccccc2)c1. The van der Waals surface area contributed by atoms with Crippen LogP contribution in [-0.4, -0.2) is 17.7 Å². The Morgan fingerprint density at radius 1 is 0.900 bits per heavy atom. The van der Waals surface area contributed by atoms with Crippen LogP contribution < -0.4 is 5.32 Å². The molecule has 3 aromatic rings. The van der Waals surface area contributed by atoms with Crippen molar-refractivity contribution in [2.75, 3.05) is 5.32 Å². The molecule has 152 valence electrons. The van der Waals surface area contributed by atoms with Crippen molar-refractivity contribution >= 4 is 23.3 Å². The van der Waals surface area contributed by atoms with Gasteiger partial charge < -0.3 is 10.1 Å². The van der Waals surface area contributed by atoms with E-state index in [1.165, 1.54) is 19.1 Å². The summed E-state index contributed by atoms with van der Waals surface area (Å²) in [7, 11) is 0. The van der Waals surface area contributed by atoms with E-state index in [-0.39, 0.29) is 11.3 Å². The van der Waals surface area contributed by atoms with Gasteiger partial charge in [0.15, 0.2) is 5.78 Å². The number of hydrogen-bond acceptors (Lipinski definition) is 4. The maximum absolute atomic E-state index is 13.8. The molecule has 0 aliphatic heterocycles. The molecule has 0 aromatic heterocycles. The van der Waals surface area contributed by atoms with Crippen LogP contribution >= 0.6 is 0 Å². The lowest BCUT2D eigenvalue weighted by Gasteiger charge is -2.18. The van der Waals surface area contributed by atoms with Crippen molar-refractivity contribution in [3.63, 3.8) is 0 Å². The van der Waals surface area contributed by atoms with Crippen LogP contribution in [0.2, 0.25) is 0 Å². The zero-order valence-corrected chi connectivity index (χ0v) is 16.5. The summed E-state index contributed by atoms with van der Waals surface area (Å²) in [6.07, 6.45) is -1.26. The van der Waals surface area contributed by atoms with Gasteiger partial charge in [0.2, 0.25) is 6.10 Å². The van der Waals surface area contributed by atoms with E-state index >= 15 is 0 Å². The van der Waals surface area contributed by atoms with E-state index in [1.54, 1.807) is 61.5 Å². The van der Waals surface area contributed by atoms with E-state index in [1.807, 2.05) is 0 Å². The molecule has 1 atom stereocenters. The van der Waals surface area contributed by atoms with Gasteiger partial charge in [0.25, 0.3) is 5.91 Å². The standard InChI is InChI=1S/C24H20FNO4/c1-15-11-12-19(14-21(15)25)24(29)30-22(17-7-4-3-5-8-17)23(28)26-20-10-6-9-18(13-20)16(2)27/h3-14,22H,1-2H3,(H,26,28)/t22-/m0/s1. The molecule has 0 bridgehead atoms. The molecule has 0 fully saturated rings. The van der Waals surface area contributed by atoms with E-state index in [0.29, 0.717) is 22.4 Å². The molecule has 1 amide bonds. The molecule has 1 N–H and O–H groups in total. The molecule has 0 heterocycles. The Morgan fingerprint density at radius 3 is 2.30 bits per heavy atom. The molecule has 0 unspecified atom stereocenters. The molecule has 0 saturated heterocycles. The fourth-order valence-electron chi connectivity index (χ4n) is 2.82. The van der Waals surface area contributed by atoms with E-state index in [2.05, 4.69) is 5.32 Å². The van der Waals surface area contributed by atoms with Crippen molar-refractivity contribution in [1.29, 1.82) is 0 Å². The van der Waals surface area contributed by atoms with Crippen molar-refractivity contribution in [2.24, 2.45) is 0 Å². The first-order valence-electron chi connectivity index (χ1n) is 9.29. The van der Waals surface area contributed by atoms with E-state index in [0.717, 1.165) is 6.07 Å². The number of anilines is 1. The van der Waals surface area contributed by atoms with E-state index in [9.17, 15) is 18.8 Å². The molecule has 5 nitrogen and oxygen atoms in total. The summed E-state index contributed by atoms with van der Waals surface area (Å²) in [6, 6.07) is 18.9. The van der Waals surface area contributed by atoms with Crippen LogP contribution in [0, 0.1) is 12.7 Å². The van der Waals surface area contributed by atoms with Crippen LogP contribution in [0.15, 0.2) is 72.8 Å². The topological polar surface area (TPSA) is 72.5 Å². The Balaban J connectivity index is 1.86. The van der Waals surface area contributed by atoms with Crippen LogP contribution in [-0.2, 0) is 9.53 Å². The Bertz CT molecular complexity index is 1100. The second-order valence-electron chi connectivity index (χ2n) is 6.79. The number of carbonyl (C=O) groups excluding carboxylic acids is 3. The van der Waals surface area contributed by atoms with Crippen molar-refractivity contribution in [1.82, 2.24) is 0 Å². The predicted molar refractivity (Wildman–Crippen MR) is 111 cm³/mol. The van der Waals surface area contributed by atoms with Crippen molar-refractivity contribution in [3.8, 4) is 0 Å². The highest BCUT2D eigenvalue weighted by atomic mass is 19.1. The Kier molecular flexibility index (Phi) is 6.37. The second kappa shape index (κ2) is 9.13. The number of Topliss-reactive ketones (excluding diaryl/α,β-unsaturated/α-hetero) is 1. The van der Waals surface area contributed by atoms with Gasteiger partial charge in [-0.25, -0.2) is 9.18 Å². The Labute approximate surface area is 173 Å². The normalized spacial score (nSPS) is 11.4. The summed E-state index contributed by atoms with van der Waals surface area (Å²) >= 11 is 0. The fourth-order valence-corrected chi connectivity index (χ4v) is 2.82. The number of esters is 1. The molecular formula is C24H20FNO4. The summed E-state index contributed by atoms with van der Waals surface area (Å²) < 4.78 is 19.3. The number of rotatable bonds is 6. The molecular weight excluding hydrogens is 385 g/mol. The van der Waals surface area contributed by atoms with Crippen LogP contribution in [0.3, 0.4) is 0 Å². The number of carbonyl (C=O) groups is 3. The summed E-state index contributed by atoms with van der Waals surface area (Å²) in [6.45, 7) is 3.01. The smallest absolute Gasteiger partial charge is 0.339 e. The lowest BCUT2D eigenvalue weighted by molar-refractivity contribution is -0.125. The van der Waals surface area contributed by atoms with Crippen molar-refractivity contribution < 1.29 is 23.5 Å². The van der Waals surface area contributed by atoms with Crippen LogP contribution in [0.5, 0.6) is 0 Å². The summed E-state index contributed by atoms with van der Waals surface area (Å²) in [5, 5.41) is 2.67. The Morgan fingerprint density at radius 2 is 1.63 bits per heavy atom. The number of halogens is 1. The van der Waals surface area contributed by atoms with E-state index < -0.39 is 23.8 Å². The Hall–Kier alpha value is -3.80. The number of hydrogen-bond donors (Lipinski definition) is 1. The molecule has 3 rings (SSSR count). The molecule has 0 aliphatic rings. The maximum atomic E-state index is 13.8. The van der Waals surface area contributed by atoms with Gasteiger partial charge in [0.05, 0.1) is 5.56 Å². The largest absolute Gasteiger partial charge is 0.444 e. The molecule has 3 aromatic carbocycles. The number of ether oxygens (including phenoxy) is 1. The first kappa shape index (κ1) is 20.9.